The average Bonchev–Trinajstić information content (AvgIpc) is 2.56. The molecule has 0 atom stereocenters. The van der Waals surface area contributed by atoms with Gasteiger partial charge in [0.25, 0.3) is 0 Å². The van der Waals surface area contributed by atoms with Crippen LogP contribution in [0.5, 0.6) is 5.75 Å². The first-order chi connectivity index (χ1) is 11.1. The van der Waals surface area contributed by atoms with E-state index in [0.717, 1.165) is 12.8 Å². The average molecular weight is 322 g/mol. The lowest BCUT2D eigenvalue weighted by Gasteiger charge is -2.10. The van der Waals surface area contributed by atoms with Gasteiger partial charge in [0.15, 0.2) is 6.29 Å². The third kappa shape index (κ3) is 6.17. The summed E-state index contributed by atoms with van der Waals surface area (Å²) in [4.78, 5) is 26.1. The lowest BCUT2D eigenvalue weighted by atomic mass is 10.1. The van der Waals surface area contributed by atoms with Gasteiger partial charge in [0.05, 0.1) is 18.8 Å². The molecule has 0 fully saturated rings. The van der Waals surface area contributed by atoms with Gasteiger partial charge in [0.1, 0.15) is 11.4 Å². The quantitative estimate of drug-likeness (QED) is 0.362. The van der Waals surface area contributed by atoms with Gasteiger partial charge < -0.3 is 19.9 Å². The number of aldehydes is 1. The number of pyridine rings is 1. The zero-order valence-electron chi connectivity index (χ0n) is 13.2. The van der Waals surface area contributed by atoms with Crippen molar-refractivity contribution in [1.82, 2.24) is 10.3 Å². The fourth-order valence-corrected chi connectivity index (χ4v) is 1.88. The van der Waals surface area contributed by atoms with Crippen LogP contribution in [0.2, 0.25) is 0 Å². The number of carbonyl (C=O) groups is 2. The molecule has 0 bridgehead atoms. The zero-order chi connectivity index (χ0) is 17.1. The van der Waals surface area contributed by atoms with Gasteiger partial charge in [0, 0.05) is 32.0 Å². The lowest BCUT2D eigenvalue weighted by Crippen LogP contribution is -2.22. The Morgan fingerprint density at radius 1 is 1.43 bits per heavy atom. The highest BCUT2D eigenvalue weighted by Crippen LogP contribution is 2.23. The zero-order valence-corrected chi connectivity index (χ0v) is 13.2. The molecule has 126 valence electrons. The topological polar surface area (TPSA) is 97.8 Å². The summed E-state index contributed by atoms with van der Waals surface area (Å²) in [6.45, 7) is 4.69. The molecule has 0 saturated heterocycles. The monoisotopic (exact) mass is 322 g/mol. The molecule has 1 aromatic heterocycles. The summed E-state index contributed by atoms with van der Waals surface area (Å²) in [5, 5.41) is 12.7. The largest absolute Gasteiger partial charge is 0.505 e. The Morgan fingerprint density at radius 3 is 2.87 bits per heavy atom. The van der Waals surface area contributed by atoms with Crippen LogP contribution in [0.1, 0.15) is 34.5 Å². The van der Waals surface area contributed by atoms with E-state index in [0.29, 0.717) is 30.7 Å². The van der Waals surface area contributed by atoms with E-state index >= 15 is 0 Å². The number of carbonyl (C=O) groups excluding carboxylic acids is 2. The number of hydrogen-bond acceptors (Lipinski definition) is 6. The van der Waals surface area contributed by atoms with Crippen LogP contribution in [-0.2, 0) is 27.5 Å². The van der Waals surface area contributed by atoms with Crippen molar-refractivity contribution in [3.63, 3.8) is 0 Å². The molecule has 7 nitrogen and oxygen atoms in total. The van der Waals surface area contributed by atoms with Gasteiger partial charge in [-0.15, -0.1) is 0 Å². The minimum Gasteiger partial charge on any atom is -0.505 e. The molecule has 7 heteroatoms. The van der Waals surface area contributed by atoms with E-state index in [1.165, 1.54) is 19.4 Å². The number of amides is 1. The molecule has 0 aliphatic carbocycles. The van der Waals surface area contributed by atoms with Gasteiger partial charge in [-0.3, -0.25) is 14.6 Å². The maximum absolute atomic E-state index is 11.1. The highest BCUT2D eigenvalue weighted by Gasteiger charge is 2.13. The van der Waals surface area contributed by atoms with Crippen molar-refractivity contribution in [3.05, 3.63) is 35.7 Å². The second kappa shape index (κ2) is 10.5. The molecular weight excluding hydrogens is 300 g/mol. The van der Waals surface area contributed by atoms with Crippen molar-refractivity contribution >= 4 is 12.2 Å². The number of nitrogens with zero attached hydrogens (tertiary/aromatic N) is 1. The summed E-state index contributed by atoms with van der Waals surface area (Å²) in [6.07, 6.45) is 4.82. The highest BCUT2D eigenvalue weighted by atomic mass is 16.5. The summed E-state index contributed by atoms with van der Waals surface area (Å²) in [5.41, 5.74) is 1.02. The molecule has 2 N–H and O–H groups in total. The van der Waals surface area contributed by atoms with Crippen molar-refractivity contribution in [2.75, 3.05) is 20.3 Å². The van der Waals surface area contributed by atoms with Gasteiger partial charge in [-0.25, -0.2) is 0 Å². The fraction of sp³-hybridized carbons (Fsp3) is 0.438. The van der Waals surface area contributed by atoms with E-state index < -0.39 is 0 Å². The number of nitrogens with one attached hydrogen (secondary N) is 1. The summed E-state index contributed by atoms with van der Waals surface area (Å²) >= 11 is 0. The number of hydrogen-bond donors (Lipinski definition) is 2. The van der Waals surface area contributed by atoms with Crippen LogP contribution in [0, 0.1) is 0 Å². The molecule has 0 radical (unpaired) electrons. The summed E-state index contributed by atoms with van der Waals surface area (Å²) in [6, 6.07) is 0. The Kier molecular flexibility index (Phi) is 8.56. The van der Waals surface area contributed by atoms with Crippen molar-refractivity contribution in [1.29, 1.82) is 0 Å². The molecule has 23 heavy (non-hydrogen) atoms. The second-order valence-electron chi connectivity index (χ2n) is 4.80. The van der Waals surface area contributed by atoms with E-state index in [2.05, 4.69) is 16.9 Å². The van der Waals surface area contributed by atoms with Crippen molar-refractivity contribution in [2.24, 2.45) is 0 Å². The Labute approximate surface area is 135 Å². The van der Waals surface area contributed by atoms with E-state index in [-0.39, 0.29) is 30.4 Å². The lowest BCUT2D eigenvalue weighted by molar-refractivity contribution is -0.116. The normalized spacial score (nSPS) is 10.3. The molecular formula is C16H22N2O5. The third-order valence-corrected chi connectivity index (χ3v) is 3.11. The van der Waals surface area contributed by atoms with Gasteiger partial charge in [-0.2, -0.15) is 0 Å². The minimum absolute atomic E-state index is 0.110. The maximum atomic E-state index is 11.1. The number of aromatic nitrogens is 1. The van der Waals surface area contributed by atoms with Crippen LogP contribution in [0.3, 0.4) is 0 Å². The molecule has 0 saturated carbocycles. The smallest absolute Gasteiger partial charge is 0.243 e. The molecule has 1 amide bonds. The van der Waals surface area contributed by atoms with Crippen LogP contribution in [0.15, 0.2) is 18.9 Å². The number of aromatic hydroxyl groups is 1. The van der Waals surface area contributed by atoms with E-state index in [9.17, 15) is 14.7 Å². The van der Waals surface area contributed by atoms with E-state index in [1.54, 1.807) is 0 Å². The third-order valence-electron chi connectivity index (χ3n) is 3.11. The predicted molar refractivity (Wildman–Crippen MR) is 84.1 cm³/mol. The van der Waals surface area contributed by atoms with Crippen LogP contribution < -0.4 is 5.32 Å². The number of rotatable bonds is 11. The standard InChI is InChI=1S/C16H22N2O5/c1-3-15(20)17-6-4-5-7-23-11-14-16(21)13(9-19)12(8-18-14)10-22-2/h3,8-9,21H,1,4-7,10-11H2,2H3,(H,17,20). The SMILES string of the molecule is C=CC(=O)NCCCCOCc1ncc(COC)c(C=O)c1O. The van der Waals surface area contributed by atoms with E-state index in [4.69, 9.17) is 9.47 Å². The van der Waals surface area contributed by atoms with Crippen LogP contribution in [-0.4, -0.2) is 42.5 Å². The van der Waals surface area contributed by atoms with Crippen molar-refractivity contribution in [3.8, 4) is 5.75 Å². The van der Waals surface area contributed by atoms with Gasteiger partial charge >= 0.3 is 0 Å². The summed E-state index contributed by atoms with van der Waals surface area (Å²) in [5.74, 6) is -0.370. The van der Waals surface area contributed by atoms with Crippen molar-refractivity contribution in [2.45, 2.75) is 26.1 Å². The highest BCUT2D eigenvalue weighted by molar-refractivity contribution is 5.86. The number of ether oxygens (including phenoxy) is 2. The Balaban J connectivity index is 2.39. The summed E-state index contributed by atoms with van der Waals surface area (Å²) < 4.78 is 10.4. The molecule has 1 rings (SSSR count). The second-order valence-corrected chi connectivity index (χ2v) is 4.80. The first-order valence-electron chi connectivity index (χ1n) is 7.25. The summed E-state index contributed by atoms with van der Waals surface area (Å²) in [7, 11) is 1.50. The van der Waals surface area contributed by atoms with Gasteiger partial charge in [-0.05, 0) is 18.9 Å². The number of unbranched alkanes of at least 4 members (excludes halogenated alkanes) is 1. The van der Waals surface area contributed by atoms with Gasteiger partial charge in [-0.1, -0.05) is 6.58 Å². The molecule has 1 aromatic rings. The molecule has 0 aromatic carbocycles. The Morgan fingerprint density at radius 2 is 2.22 bits per heavy atom. The minimum atomic E-state index is -0.197. The molecule has 0 aliphatic rings. The molecule has 0 spiro atoms. The maximum Gasteiger partial charge on any atom is 0.243 e. The van der Waals surface area contributed by atoms with Crippen LogP contribution in [0.25, 0.3) is 0 Å². The Bertz CT molecular complexity index is 546. The molecule has 1 heterocycles. The first-order valence-corrected chi connectivity index (χ1v) is 7.25. The van der Waals surface area contributed by atoms with Crippen LogP contribution in [0.4, 0.5) is 0 Å². The predicted octanol–water partition coefficient (Wildman–Crippen LogP) is 1.35. The Hall–Kier alpha value is -2.25. The van der Waals surface area contributed by atoms with Crippen molar-refractivity contribution < 1.29 is 24.2 Å². The van der Waals surface area contributed by atoms with E-state index in [1.807, 2.05) is 0 Å². The molecule has 0 unspecified atom stereocenters. The first kappa shape index (κ1) is 18.8. The molecule has 0 aliphatic heterocycles. The number of methoxy groups -OCH3 is 1. The fourth-order valence-electron chi connectivity index (χ4n) is 1.88. The van der Waals surface area contributed by atoms with Crippen LogP contribution >= 0.6 is 0 Å². The van der Waals surface area contributed by atoms with Gasteiger partial charge in [0.2, 0.25) is 5.91 Å².